The van der Waals surface area contributed by atoms with Crippen LogP contribution in [0.1, 0.15) is 26.2 Å². The van der Waals surface area contributed by atoms with Crippen molar-refractivity contribution in [2.75, 3.05) is 18.9 Å². The lowest BCUT2D eigenvalue weighted by atomic mass is 10.2. The van der Waals surface area contributed by atoms with Crippen LogP contribution < -0.4 is 15.4 Å². The maximum absolute atomic E-state index is 12.1. The molecule has 2 N–H and O–H groups in total. The molecule has 0 aliphatic carbocycles. The Morgan fingerprint density at radius 1 is 1.33 bits per heavy atom. The summed E-state index contributed by atoms with van der Waals surface area (Å²) in [7, 11) is 1.49. The number of hydrogen-bond donors (Lipinski definition) is 2. The first-order chi connectivity index (χ1) is 11.5. The fourth-order valence-electron chi connectivity index (χ4n) is 2.03. The lowest BCUT2D eigenvalue weighted by Gasteiger charge is -2.18. The van der Waals surface area contributed by atoms with E-state index in [2.05, 4.69) is 15.7 Å². The molecule has 1 aromatic carbocycles. The van der Waals surface area contributed by atoms with Crippen LogP contribution in [-0.2, 0) is 9.59 Å². The maximum Gasteiger partial charge on any atom is 0.359 e. The number of rotatable bonds is 5. The van der Waals surface area contributed by atoms with E-state index >= 15 is 0 Å². The molecular weight excluding hydrogens is 312 g/mol. The molecule has 0 saturated carbocycles. The van der Waals surface area contributed by atoms with Crippen LogP contribution in [0.25, 0.3) is 0 Å². The molecule has 2 rings (SSSR count). The predicted octanol–water partition coefficient (Wildman–Crippen LogP) is 1.73. The molecule has 1 heterocycles. The third kappa shape index (κ3) is 4.80. The Hall–Kier alpha value is -2.90. The average Bonchev–Trinajstić information content (AvgIpc) is 2.55. The Balaban J connectivity index is 1.99. The Kier molecular flexibility index (Phi) is 5.89. The van der Waals surface area contributed by atoms with Gasteiger partial charge in [-0.25, -0.2) is 14.6 Å². The smallest absolute Gasteiger partial charge is 0.359 e. The highest BCUT2D eigenvalue weighted by atomic mass is 16.5. The molecule has 0 saturated heterocycles. The molecule has 0 bridgehead atoms. The molecule has 24 heavy (non-hydrogen) atoms. The largest absolute Gasteiger partial charge is 0.422 e. The minimum absolute atomic E-state index is 0.143. The van der Waals surface area contributed by atoms with E-state index in [0.717, 1.165) is 11.4 Å². The van der Waals surface area contributed by atoms with Crippen LogP contribution in [0.2, 0.25) is 0 Å². The zero-order chi connectivity index (χ0) is 17.5. The van der Waals surface area contributed by atoms with Gasteiger partial charge in [0.2, 0.25) is 5.91 Å². The van der Waals surface area contributed by atoms with Gasteiger partial charge in [0.25, 0.3) is 0 Å². The van der Waals surface area contributed by atoms with Crippen molar-refractivity contribution in [2.45, 2.75) is 26.2 Å². The van der Waals surface area contributed by atoms with E-state index in [4.69, 9.17) is 4.74 Å². The Morgan fingerprint density at radius 2 is 2.12 bits per heavy atom. The van der Waals surface area contributed by atoms with Gasteiger partial charge in [-0.05, 0) is 18.6 Å². The summed E-state index contributed by atoms with van der Waals surface area (Å²) in [6.07, 6.45) is 1.31. The standard InChI is InChI=1S/C16H20N4O4/c1-3-9-17-16(23)18-11-5-4-6-12(10-11)24-15(22)13-7-8-14(21)20(2)19-13/h4-6,10H,3,7-9H2,1-2H3,(H2,17,18,23). The SMILES string of the molecule is CCCNC(=O)Nc1cccc(OC(=O)C2=NN(C)C(=O)CC2)c1. The van der Waals surface area contributed by atoms with Gasteiger partial charge in [0, 0.05) is 38.2 Å². The van der Waals surface area contributed by atoms with Crippen LogP contribution in [0.4, 0.5) is 10.5 Å². The number of hydrazone groups is 1. The first kappa shape index (κ1) is 17.5. The Labute approximate surface area is 139 Å². The second-order valence-corrected chi connectivity index (χ2v) is 5.26. The van der Waals surface area contributed by atoms with Crippen LogP contribution >= 0.6 is 0 Å². The molecule has 1 aliphatic heterocycles. The van der Waals surface area contributed by atoms with Gasteiger partial charge in [0.1, 0.15) is 11.5 Å². The Bertz CT molecular complexity index is 672. The quantitative estimate of drug-likeness (QED) is 0.633. The number of nitrogens with zero attached hydrogens (tertiary/aromatic N) is 2. The number of carbonyl (C=O) groups excluding carboxylic acids is 3. The third-order valence-electron chi connectivity index (χ3n) is 3.28. The topological polar surface area (TPSA) is 100 Å². The Morgan fingerprint density at radius 3 is 2.83 bits per heavy atom. The maximum atomic E-state index is 12.1. The van der Waals surface area contributed by atoms with Gasteiger partial charge >= 0.3 is 12.0 Å². The van der Waals surface area contributed by atoms with E-state index in [-0.39, 0.29) is 36.2 Å². The van der Waals surface area contributed by atoms with Gasteiger partial charge in [0.15, 0.2) is 0 Å². The molecule has 0 aromatic heterocycles. The predicted molar refractivity (Wildman–Crippen MR) is 88.8 cm³/mol. The van der Waals surface area contributed by atoms with Crippen LogP contribution in [0.5, 0.6) is 5.75 Å². The molecule has 0 fully saturated rings. The van der Waals surface area contributed by atoms with Gasteiger partial charge in [-0.1, -0.05) is 13.0 Å². The van der Waals surface area contributed by atoms with Crippen molar-refractivity contribution in [3.05, 3.63) is 24.3 Å². The first-order valence-electron chi connectivity index (χ1n) is 7.70. The van der Waals surface area contributed by atoms with Crippen molar-refractivity contribution < 1.29 is 19.1 Å². The molecule has 1 aliphatic rings. The lowest BCUT2D eigenvalue weighted by molar-refractivity contribution is -0.131. The molecule has 0 radical (unpaired) electrons. The van der Waals surface area contributed by atoms with E-state index in [0.29, 0.717) is 12.2 Å². The highest BCUT2D eigenvalue weighted by Gasteiger charge is 2.23. The minimum atomic E-state index is -0.609. The summed E-state index contributed by atoms with van der Waals surface area (Å²) in [6.45, 7) is 2.53. The van der Waals surface area contributed by atoms with E-state index < -0.39 is 5.97 Å². The third-order valence-corrected chi connectivity index (χ3v) is 3.28. The fraction of sp³-hybridized carbons (Fsp3) is 0.375. The summed E-state index contributed by atoms with van der Waals surface area (Å²) in [5, 5.41) is 10.4. The lowest BCUT2D eigenvalue weighted by Crippen LogP contribution is -2.33. The van der Waals surface area contributed by atoms with Gasteiger partial charge in [-0.15, -0.1) is 0 Å². The zero-order valence-corrected chi connectivity index (χ0v) is 13.7. The molecule has 8 heteroatoms. The number of carbonyl (C=O) groups is 3. The van der Waals surface area contributed by atoms with Gasteiger partial charge in [0.05, 0.1) is 0 Å². The summed E-state index contributed by atoms with van der Waals surface area (Å²) >= 11 is 0. The number of hydrogen-bond acceptors (Lipinski definition) is 5. The molecule has 8 nitrogen and oxygen atoms in total. The van der Waals surface area contributed by atoms with Crippen molar-refractivity contribution in [1.29, 1.82) is 0 Å². The molecule has 3 amide bonds. The van der Waals surface area contributed by atoms with E-state index in [1.165, 1.54) is 7.05 Å². The van der Waals surface area contributed by atoms with Crippen molar-refractivity contribution in [2.24, 2.45) is 5.10 Å². The number of benzene rings is 1. The van der Waals surface area contributed by atoms with E-state index in [1.807, 2.05) is 6.92 Å². The zero-order valence-electron chi connectivity index (χ0n) is 13.7. The molecule has 0 atom stereocenters. The molecule has 128 valence electrons. The average molecular weight is 332 g/mol. The number of esters is 1. The number of urea groups is 1. The van der Waals surface area contributed by atoms with Crippen molar-refractivity contribution >= 4 is 29.3 Å². The van der Waals surface area contributed by atoms with Gasteiger partial charge < -0.3 is 15.4 Å². The van der Waals surface area contributed by atoms with Crippen molar-refractivity contribution in [1.82, 2.24) is 10.3 Å². The molecule has 0 spiro atoms. The highest BCUT2D eigenvalue weighted by Crippen LogP contribution is 2.18. The van der Waals surface area contributed by atoms with Crippen molar-refractivity contribution in [3.8, 4) is 5.75 Å². The number of anilines is 1. The van der Waals surface area contributed by atoms with Crippen LogP contribution in [-0.4, -0.2) is 42.2 Å². The fourth-order valence-corrected chi connectivity index (χ4v) is 2.03. The first-order valence-corrected chi connectivity index (χ1v) is 7.70. The normalized spacial score (nSPS) is 14.0. The summed E-state index contributed by atoms with van der Waals surface area (Å²) in [6, 6.07) is 6.17. The molecule has 1 aromatic rings. The summed E-state index contributed by atoms with van der Waals surface area (Å²) in [5.74, 6) is -0.465. The van der Waals surface area contributed by atoms with Crippen LogP contribution in [0, 0.1) is 0 Å². The van der Waals surface area contributed by atoms with E-state index in [1.54, 1.807) is 24.3 Å². The second-order valence-electron chi connectivity index (χ2n) is 5.26. The van der Waals surface area contributed by atoms with Gasteiger partial charge in [-0.2, -0.15) is 5.10 Å². The molecular formula is C16H20N4O4. The van der Waals surface area contributed by atoms with Gasteiger partial charge in [-0.3, -0.25) is 4.79 Å². The molecule has 0 unspecified atom stereocenters. The monoisotopic (exact) mass is 332 g/mol. The number of ether oxygens (including phenoxy) is 1. The highest BCUT2D eigenvalue weighted by molar-refractivity contribution is 6.37. The second kappa shape index (κ2) is 8.09. The van der Waals surface area contributed by atoms with E-state index in [9.17, 15) is 14.4 Å². The van der Waals surface area contributed by atoms with Crippen molar-refractivity contribution in [3.63, 3.8) is 0 Å². The summed E-state index contributed by atoms with van der Waals surface area (Å²) in [5.41, 5.74) is 0.697. The van der Waals surface area contributed by atoms with Crippen LogP contribution in [0.15, 0.2) is 29.4 Å². The minimum Gasteiger partial charge on any atom is -0.422 e. The number of nitrogens with one attached hydrogen (secondary N) is 2. The summed E-state index contributed by atoms with van der Waals surface area (Å²) in [4.78, 5) is 35.1. The van der Waals surface area contributed by atoms with Crippen LogP contribution in [0.3, 0.4) is 0 Å². The number of amides is 3. The summed E-state index contributed by atoms with van der Waals surface area (Å²) < 4.78 is 5.26.